The first-order valence-electron chi connectivity index (χ1n) is 22.2. The first kappa shape index (κ1) is 37.6. The van der Waals surface area contributed by atoms with Gasteiger partial charge in [0.25, 0.3) is 0 Å². The lowest BCUT2D eigenvalue weighted by molar-refractivity contribution is 0.759. The monoisotopic (exact) mass is 816 g/mol. The molecule has 2 nitrogen and oxygen atoms in total. The number of nitrogens with zero attached hydrogens (tertiary/aromatic N) is 2. The number of para-hydroxylation sites is 2. The van der Waals surface area contributed by atoms with Crippen molar-refractivity contribution in [3.63, 3.8) is 0 Å². The van der Waals surface area contributed by atoms with Crippen LogP contribution in [0.3, 0.4) is 0 Å². The molecule has 0 amide bonds. The molecule has 64 heavy (non-hydrogen) atoms. The van der Waals surface area contributed by atoms with Crippen LogP contribution in [0.25, 0.3) is 60.5 Å². The Bertz CT molecular complexity index is 3260. The zero-order valence-corrected chi connectivity index (χ0v) is 35.3. The molecule has 302 valence electrons. The fraction of sp³-hybridized carbons (Fsp3) is 0.0323. The van der Waals surface area contributed by atoms with Gasteiger partial charge in [0.05, 0.1) is 6.04 Å². The number of anilines is 5. The zero-order chi connectivity index (χ0) is 42.4. The van der Waals surface area contributed by atoms with Gasteiger partial charge in [-0.05, 0) is 127 Å². The number of hydrogen-bond donors (Lipinski definition) is 0. The smallest absolute Gasteiger partial charge is 0.0635 e. The van der Waals surface area contributed by atoms with Crippen molar-refractivity contribution in [2.45, 2.75) is 12.0 Å². The average molecular weight is 817 g/mol. The summed E-state index contributed by atoms with van der Waals surface area (Å²) in [6.07, 6.45) is 6.93. The minimum absolute atomic E-state index is 0.156. The van der Waals surface area contributed by atoms with Crippen LogP contribution in [0.5, 0.6) is 0 Å². The van der Waals surface area contributed by atoms with Gasteiger partial charge >= 0.3 is 0 Å². The Hall–Kier alpha value is -8.20. The van der Waals surface area contributed by atoms with E-state index >= 15 is 0 Å². The fourth-order valence-corrected chi connectivity index (χ4v) is 10.1. The summed E-state index contributed by atoms with van der Waals surface area (Å²) in [5.74, 6) is 0.229. The first-order chi connectivity index (χ1) is 31.7. The fourth-order valence-electron chi connectivity index (χ4n) is 10.1. The Labute approximate surface area is 375 Å². The van der Waals surface area contributed by atoms with Crippen molar-refractivity contribution < 1.29 is 0 Å². The molecule has 0 aromatic heterocycles. The van der Waals surface area contributed by atoms with Gasteiger partial charge in [0.15, 0.2) is 0 Å². The molecule has 0 radical (unpaired) electrons. The van der Waals surface area contributed by atoms with E-state index in [4.69, 9.17) is 0 Å². The Kier molecular flexibility index (Phi) is 9.34. The molecule has 0 spiro atoms. The summed E-state index contributed by atoms with van der Waals surface area (Å²) >= 11 is 0. The number of fused-ring (bicyclic) bond motifs is 5. The van der Waals surface area contributed by atoms with Gasteiger partial charge in [-0.1, -0.05) is 194 Å². The van der Waals surface area contributed by atoms with Crippen LogP contribution in [0.2, 0.25) is 0 Å². The highest BCUT2D eigenvalue weighted by atomic mass is 15.2. The topological polar surface area (TPSA) is 6.48 Å². The van der Waals surface area contributed by atoms with E-state index in [-0.39, 0.29) is 12.0 Å². The molecule has 2 atom stereocenters. The molecule has 0 bridgehead atoms. The van der Waals surface area contributed by atoms with Crippen molar-refractivity contribution in [3.8, 4) is 33.4 Å². The summed E-state index contributed by atoms with van der Waals surface area (Å²) in [6, 6.07) is 86.6. The summed E-state index contributed by atoms with van der Waals surface area (Å²) in [6.45, 7) is 0. The van der Waals surface area contributed by atoms with Gasteiger partial charge in [0.1, 0.15) is 0 Å². The SMILES string of the molecule is C1=CC2C(C(c3ccccc3)=C1)c1ccccc1N2c1ccccc1-c1ccc(N(c2ccc(-c3ccc4ccccc4c3)cc2)c2ccc(-c3ccc4ccccc4c3)cc2)cc1. The van der Waals surface area contributed by atoms with E-state index in [9.17, 15) is 0 Å². The highest BCUT2D eigenvalue weighted by Crippen LogP contribution is 2.54. The molecular weight excluding hydrogens is 773 g/mol. The van der Waals surface area contributed by atoms with Crippen LogP contribution in [0.1, 0.15) is 17.0 Å². The maximum atomic E-state index is 2.57. The van der Waals surface area contributed by atoms with E-state index in [2.05, 4.69) is 265 Å². The van der Waals surface area contributed by atoms with Gasteiger partial charge in [-0.15, -0.1) is 0 Å². The third-order valence-electron chi connectivity index (χ3n) is 13.2. The Morgan fingerprint density at radius 1 is 0.344 bits per heavy atom. The van der Waals surface area contributed by atoms with E-state index in [1.165, 1.54) is 83.0 Å². The van der Waals surface area contributed by atoms with Crippen LogP contribution < -0.4 is 9.80 Å². The van der Waals surface area contributed by atoms with Crippen molar-refractivity contribution in [1.29, 1.82) is 0 Å². The Morgan fingerprint density at radius 2 is 0.812 bits per heavy atom. The summed E-state index contributed by atoms with van der Waals surface area (Å²) < 4.78 is 0. The molecule has 1 heterocycles. The van der Waals surface area contributed by atoms with Gasteiger partial charge in [0, 0.05) is 39.9 Å². The Morgan fingerprint density at radius 3 is 1.41 bits per heavy atom. The molecule has 0 fully saturated rings. The largest absolute Gasteiger partial charge is 0.333 e. The van der Waals surface area contributed by atoms with E-state index in [1.54, 1.807) is 0 Å². The van der Waals surface area contributed by atoms with Gasteiger partial charge < -0.3 is 9.80 Å². The predicted octanol–water partition coefficient (Wildman–Crippen LogP) is 16.7. The molecule has 1 aliphatic heterocycles. The molecule has 2 aliphatic rings. The second kappa shape index (κ2) is 15.9. The highest BCUT2D eigenvalue weighted by molar-refractivity contribution is 5.92. The first-order valence-corrected chi connectivity index (χ1v) is 22.2. The quantitative estimate of drug-likeness (QED) is 0.151. The van der Waals surface area contributed by atoms with Crippen LogP contribution in [0.4, 0.5) is 28.4 Å². The normalized spacial score (nSPS) is 15.2. The van der Waals surface area contributed by atoms with E-state index < -0.39 is 0 Å². The predicted molar refractivity (Wildman–Crippen MR) is 271 cm³/mol. The third-order valence-corrected chi connectivity index (χ3v) is 13.2. The maximum Gasteiger partial charge on any atom is 0.0635 e. The molecular formula is C62H44N2. The van der Waals surface area contributed by atoms with E-state index in [1.807, 2.05) is 0 Å². The van der Waals surface area contributed by atoms with Crippen LogP contribution in [0.15, 0.2) is 255 Å². The summed E-state index contributed by atoms with van der Waals surface area (Å²) in [5.41, 5.74) is 17.0. The standard InChI is InChI=1S/C62H44N2/c1-2-15-47(16-3-1)57-21-12-24-61-62(57)58-20-9-11-23-60(58)64(61)59-22-10-8-19-56(59)48-33-39-55(40-34-48)63(53-35-29-45(30-36-53)51-27-25-43-13-4-6-17-49(43)41-51)54-37-31-46(32-38-54)52-28-26-44-14-5-7-18-50(44)42-52/h1-42,61-62H. The van der Waals surface area contributed by atoms with Crippen molar-refractivity contribution in [2.24, 2.45) is 0 Å². The van der Waals surface area contributed by atoms with Crippen molar-refractivity contribution in [2.75, 3.05) is 9.80 Å². The van der Waals surface area contributed by atoms with Gasteiger partial charge in [0.2, 0.25) is 0 Å². The minimum Gasteiger partial charge on any atom is -0.333 e. The van der Waals surface area contributed by atoms with Crippen molar-refractivity contribution in [3.05, 3.63) is 266 Å². The molecule has 0 N–H and O–H groups in total. The van der Waals surface area contributed by atoms with Crippen LogP contribution in [-0.2, 0) is 0 Å². The van der Waals surface area contributed by atoms with Gasteiger partial charge in [-0.2, -0.15) is 0 Å². The van der Waals surface area contributed by atoms with Crippen molar-refractivity contribution >= 4 is 55.6 Å². The van der Waals surface area contributed by atoms with Crippen LogP contribution in [0, 0.1) is 0 Å². The number of rotatable bonds is 8. The second-order valence-electron chi connectivity index (χ2n) is 16.9. The van der Waals surface area contributed by atoms with E-state index in [0.29, 0.717) is 0 Å². The summed E-state index contributed by atoms with van der Waals surface area (Å²) in [5, 5.41) is 5.00. The molecule has 12 rings (SSSR count). The summed E-state index contributed by atoms with van der Waals surface area (Å²) in [4.78, 5) is 4.94. The molecule has 2 heteroatoms. The molecule has 10 aromatic rings. The maximum absolute atomic E-state index is 2.57. The Balaban J connectivity index is 0.912. The molecule has 0 saturated heterocycles. The van der Waals surface area contributed by atoms with Crippen molar-refractivity contribution in [1.82, 2.24) is 0 Å². The van der Waals surface area contributed by atoms with Gasteiger partial charge in [-0.3, -0.25) is 0 Å². The lowest BCUT2D eigenvalue weighted by Crippen LogP contribution is -2.30. The summed E-state index contributed by atoms with van der Waals surface area (Å²) in [7, 11) is 0. The molecule has 0 saturated carbocycles. The number of allylic oxidation sites excluding steroid dienone is 2. The second-order valence-corrected chi connectivity index (χ2v) is 16.9. The molecule has 2 unspecified atom stereocenters. The van der Waals surface area contributed by atoms with Gasteiger partial charge in [-0.25, -0.2) is 0 Å². The molecule has 1 aliphatic carbocycles. The highest BCUT2D eigenvalue weighted by Gasteiger charge is 2.41. The van der Waals surface area contributed by atoms with E-state index in [0.717, 1.165) is 17.1 Å². The lowest BCUT2D eigenvalue weighted by atomic mass is 9.81. The number of hydrogen-bond acceptors (Lipinski definition) is 2. The lowest BCUT2D eigenvalue weighted by Gasteiger charge is -2.33. The average Bonchev–Trinajstić information content (AvgIpc) is 3.71. The van der Waals surface area contributed by atoms with Crippen LogP contribution in [-0.4, -0.2) is 6.04 Å². The molecule has 10 aromatic carbocycles. The number of benzene rings is 10. The van der Waals surface area contributed by atoms with Crippen LogP contribution >= 0.6 is 0 Å². The zero-order valence-electron chi connectivity index (χ0n) is 35.3. The minimum atomic E-state index is 0.156. The third kappa shape index (κ3) is 6.68.